The highest BCUT2D eigenvalue weighted by Gasteiger charge is 2.08. The second kappa shape index (κ2) is 9.16. The van der Waals surface area contributed by atoms with E-state index in [1.165, 1.54) is 0 Å². The van der Waals surface area contributed by atoms with Gasteiger partial charge in [-0.05, 0) is 60.2 Å². The van der Waals surface area contributed by atoms with Crippen molar-refractivity contribution in [1.29, 1.82) is 0 Å². The van der Waals surface area contributed by atoms with Crippen LogP contribution in [0.25, 0.3) is 0 Å². The van der Waals surface area contributed by atoms with E-state index in [4.69, 9.17) is 28.6 Å². The predicted molar refractivity (Wildman–Crippen MR) is 112 cm³/mol. The number of anilines is 1. The van der Waals surface area contributed by atoms with Gasteiger partial charge in [0.15, 0.2) is 0 Å². The van der Waals surface area contributed by atoms with Gasteiger partial charge in [-0.1, -0.05) is 48.0 Å². The summed E-state index contributed by atoms with van der Waals surface area (Å²) in [6, 6.07) is 23.6. The highest BCUT2D eigenvalue weighted by molar-refractivity contribution is 7.80. The molecule has 0 heterocycles. The zero-order chi connectivity index (χ0) is 19.1. The second-order valence-corrected chi connectivity index (χ2v) is 6.52. The van der Waals surface area contributed by atoms with Gasteiger partial charge >= 0.3 is 0 Å². The Bertz CT molecular complexity index is 930. The van der Waals surface area contributed by atoms with Crippen LogP contribution in [0.3, 0.4) is 0 Å². The number of hydrogen-bond donors (Lipinski definition) is 2. The molecule has 0 saturated carbocycles. The van der Waals surface area contributed by atoms with Gasteiger partial charge in [-0.25, -0.2) is 0 Å². The maximum absolute atomic E-state index is 12.4. The summed E-state index contributed by atoms with van der Waals surface area (Å²) >= 11 is 11.1. The Hall–Kier alpha value is -2.89. The molecule has 136 valence electrons. The Morgan fingerprint density at radius 2 is 1.70 bits per heavy atom. The largest absolute Gasteiger partial charge is 0.432 e. The molecule has 0 bridgehead atoms. The summed E-state index contributed by atoms with van der Waals surface area (Å²) in [5, 5.41) is 6.70. The molecule has 0 atom stereocenters. The number of thiocarbonyl (C=S) groups is 1. The average Bonchev–Trinajstić information content (AvgIpc) is 2.69. The van der Waals surface area contributed by atoms with Crippen LogP contribution in [0.4, 0.5) is 5.69 Å². The molecular weight excluding hydrogens is 380 g/mol. The Kier molecular flexibility index (Phi) is 6.41. The number of halogens is 1. The monoisotopic (exact) mass is 396 g/mol. The van der Waals surface area contributed by atoms with Crippen LogP contribution in [-0.2, 0) is 6.54 Å². The number of benzene rings is 3. The second-order valence-electron chi connectivity index (χ2n) is 5.72. The van der Waals surface area contributed by atoms with E-state index in [9.17, 15) is 4.79 Å². The first-order chi connectivity index (χ1) is 13.1. The lowest BCUT2D eigenvalue weighted by Gasteiger charge is -2.11. The third-order valence-electron chi connectivity index (χ3n) is 3.69. The van der Waals surface area contributed by atoms with Crippen molar-refractivity contribution in [3.63, 3.8) is 0 Å². The van der Waals surface area contributed by atoms with Crippen molar-refractivity contribution in [2.24, 2.45) is 0 Å². The number of amides is 1. The molecule has 1 amide bonds. The fraction of sp³-hybridized carbons (Fsp3) is 0.0476. The molecule has 2 N–H and O–H groups in total. The first kappa shape index (κ1) is 18.9. The molecule has 0 aromatic heterocycles. The van der Waals surface area contributed by atoms with Gasteiger partial charge < -0.3 is 15.4 Å². The molecule has 0 aliphatic rings. The maximum Gasteiger partial charge on any atom is 0.262 e. The quantitative estimate of drug-likeness (QED) is 0.593. The highest BCUT2D eigenvalue weighted by atomic mass is 35.5. The van der Waals surface area contributed by atoms with Crippen LogP contribution < -0.4 is 15.4 Å². The Balaban J connectivity index is 1.58. The normalized spacial score (nSPS) is 10.1. The van der Waals surface area contributed by atoms with Crippen LogP contribution in [-0.4, -0.2) is 11.1 Å². The number of ether oxygens (including phenoxy) is 1. The van der Waals surface area contributed by atoms with Crippen molar-refractivity contribution in [2.75, 3.05) is 5.32 Å². The third kappa shape index (κ3) is 5.81. The van der Waals surface area contributed by atoms with Gasteiger partial charge in [0.05, 0.1) is 0 Å². The van der Waals surface area contributed by atoms with Gasteiger partial charge in [-0.15, -0.1) is 0 Å². The van der Waals surface area contributed by atoms with E-state index in [-0.39, 0.29) is 11.1 Å². The van der Waals surface area contributed by atoms with Crippen molar-refractivity contribution in [1.82, 2.24) is 5.32 Å². The van der Waals surface area contributed by atoms with Gasteiger partial charge in [0.1, 0.15) is 5.75 Å². The maximum atomic E-state index is 12.4. The van der Waals surface area contributed by atoms with Crippen LogP contribution in [0.1, 0.15) is 15.9 Å². The smallest absolute Gasteiger partial charge is 0.262 e. The van der Waals surface area contributed by atoms with Gasteiger partial charge in [-0.2, -0.15) is 0 Å². The molecule has 0 unspecified atom stereocenters. The Morgan fingerprint density at radius 1 is 0.963 bits per heavy atom. The lowest BCUT2D eigenvalue weighted by Crippen LogP contribution is -2.26. The number of hydrogen-bond acceptors (Lipinski definition) is 3. The molecule has 27 heavy (non-hydrogen) atoms. The molecule has 4 nitrogen and oxygen atoms in total. The summed E-state index contributed by atoms with van der Waals surface area (Å²) in [6.45, 7) is 0.566. The minimum atomic E-state index is -0.245. The first-order valence-electron chi connectivity index (χ1n) is 8.27. The van der Waals surface area contributed by atoms with E-state index < -0.39 is 0 Å². The summed E-state index contributed by atoms with van der Waals surface area (Å²) in [5.74, 6) is 0.246. The fourth-order valence-corrected chi connectivity index (χ4v) is 2.64. The molecule has 0 aliphatic heterocycles. The third-order valence-corrected chi connectivity index (χ3v) is 4.17. The van der Waals surface area contributed by atoms with E-state index in [2.05, 4.69) is 10.6 Å². The molecule has 0 spiro atoms. The van der Waals surface area contributed by atoms with Crippen molar-refractivity contribution in [2.45, 2.75) is 6.54 Å². The lowest BCUT2D eigenvalue weighted by molar-refractivity contribution is 0.102. The molecule has 0 saturated heterocycles. The van der Waals surface area contributed by atoms with Gasteiger partial charge in [-0.3, -0.25) is 4.79 Å². The van der Waals surface area contributed by atoms with Crippen LogP contribution >= 0.6 is 23.8 Å². The van der Waals surface area contributed by atoms with Crippen LogP contribution in [0.15, 0.2) is 78.9 Å². The Morgan fingerprint density at radius 3 is 2.44 bits per heavy atom. The summed E-state index contributed by atoms with van der Waals surface area (Å²) in [6.07, 6.45) is 0. The summed E-state index contributed by atoms with van der Waals surface area (Å²) in [4.78, 5) is 12.4. The topological polar surface area (TPSA) is 50.4 Å². The fourth-order valence-electron chi connectivity index (χ4n) is 2.35. The van der Waals surface area contributed by atoms with Crippen molar-refractivity contribution < 1.29 is 9.53 Å². The molecule has 3 aromatic carbocycles. The Labute approximate surface area is 168 Å². The number of carbonyl (C=O) groups is 1. The summed E-state index contributed by atoms with van der Waals surface area (Å²) in [7, 11) is 0. The summed E-state index contributed by atoms with van der Waals surface area (Å²) in [5.41, 5.74) is 2.23. The SMILES string of the molecule is O=C(Nc1ccc(Cl)cc1)c1cccc(OC(=S)NCc2ccccc2)c1. The molecule has 0 aliphatic carbocycles. The zero-order valence-electron chi connectivity index (χ0n) is 14.3. The van der Waals surface area contributed by atoms with Crippen LogP contribution in [0.5, 0.6) is 5.75 Å². The molecule has 3 rings (SSSR count). The lowest BCUT2D eigenvalue weighted by atomic mass is 10.2. The van der Waals surface area contributed by atoms with Gasteiger partial charge in [0.25, 0.3) is 11.1 Å². The van der Waals surface area contributed by atoms with Crippen LogP contribution in [0.2, 0.25) is 5.02 Å². The molecule has 0 radical (unpaired) electrons. The first-order valence-corrected chi connectivity index (χ1v) is 9.05. The van der Waals surface area contributed by atoms with E-state index >= 15 is 0 Å². The number of carbonyl (C=O) groups excluding carboxylic acids is 1. The van der Waals surface area contributed by atoms with Gasteiger partial charge in [0, 0.05) is 22.8 Å². The molecular formula is C21H17ClN2O2S. The number of nitrogens with one attached hydrogen (secondary N) is 2. The predicted octanol–water partition coefficient (Wildman–Crippen LogP) is 5.05. The molecule has 6 heteroatoms. The van der Waals surface area contributed by atoms with Crippen molar-refractivity contribution >= 4 is 40.6 Å². The van der Waals surface area contributed by atoms with Crippen LogP contribution in [0, 0.1) is 0 Å². The van der Waals surface area contributed by atoms with E-state index in [0.717, 1.165) is 5.56 Å². The van der Waals surface area contributed by atoms with E-state index in [1.807, 2.05) is 30.3 Å². The van der Waals surface area contributed by atoms with Gasteiger partial charge in [0.2, 0.25) is 0 Å². The molecule has 0 fully saturated rings. The van der Waals surface area contributed by atoms with E-state index in [1.54, 1.807) is 48.5 Å². The highest BCUT2D eigenvalue weighted by Crippen LogP contribution is 2.17. The van der Waals surface area contributed by atoms with E-state index in [0.29, 0.717) is 28.6 Å². The average molecular weight is 397 g/mol. The standard InChI is InChI=1S/C21H17ClN2O2S/c22-17-9-11-18(12-10-17)24-20(25)16-7-4-8-19(13-16)26-21(27)23-14-15-5-2-1-3-6-15/h1-13H,14H2,(H,23,27)(H,24,25). The minimum absolute atomic E-state index is 0.245. The summed E-state index contributed by atoms with van der Waals surface area (Å²) < 4.78 is 5.62. The van der Waals surface area contributed by atoms with Crippen molar-refractivity contribution in [3.8, 4) is 5.75 Å². The van der Waals surface area contributed by atoms with Crippen molar-refractivity contribution in [3.05, 3.63) is 95.0 Å². The molecule has 3 aromatic rings. The minimum Gasteiger partial charge on any atom is -0.432 e. The number of rotatable bonds is 5. The zero-order valence-corrected chi connectivity index (χ0v) is 15.9.